The first-order chi connectivity index (χ1) is 8.33. The molecule has 0 fully saturated rings. The Bertz CT molecular complexity index is 567. The first-order valence-electron chi connectivity index (χ1n) is 5.31. The lowest BCUT2D eigenvalue weighted by Gasteiger charge is -2.17. The molecule has 1 N–H and O–H groups in total. The number of fused-ring (bicyclic) bond motifs is 1. The van der Waals surface area contributed by atoms with E-state index >= 15 is 0 Å². The van der Waals surface area contributed by atoms with E-state index in [1.807, 2.05) is 36.4 Å². The van der Waals surface area contributed by atoms with Crippen molar-refractivity contribution in [3.05, 3.63) is 42.6 Å². The molecule has 0 bridgehead atoms. The molecule has 2 heterocycles. The van der Waals surface area contributed by atoms with Gasteiger partial charge in [0.1, 0.15) is 0 Å². The largest absolute Gasteiger partial charge is 0.480 e. The van der Waals surface area contributed by atoms with Gasteiger partial charge in [0.15, 0.2) is 18.2 Å². The molecule has 1 amide bonds. The molecule has 4 nitrogen and oxygen atoms in total. The van der Waals surface area contributed by atoms with Crippen LogP contribution in [0.25, 0.3) is 11.1 Å². The number of hydrogen-bond donors (Lipinski definition) is 1. The van der Waals surface area contributed by atoms with Gasteiger partial charge in [-0.25, -0.2) is 4.98 Å². The number of benzene rings is 1. The van der Waals surface area contributed by atoms with Gasteiger partial charge in [0.2, 0.25) is 0 Å². The van der Waals surface area contributed by atoms with Crippen LogP contribution >= 0.6 is 0 Å². The number of pyridine rings is 1. The number of carbonyl (C=O) groups excluding carboxylic acids is 1. The SMILES string of the molecule is O=C1COc2cc(-c3ccccc3)cnc2N1. The van der Waals surface area contributed by atoms with Gasteiger partial charge in [-0.3, -0.25) is 4.79 Å². The van der Waals surface area contributed by atoms with Crippen LogP contribution < -0.4 is 10.1 Å². The van der Waals surface area contributed by atoms with Crippen LogP contribution in [0.15, 0.2) is 42.6 Å². The fourth-order valence-electron chi connectivity index (χ4n) is 1.75. The van der Waals surface area contributed by atoms with E-state index in [0.29, 0.717) is 11.6 Å². The van der Waals surface area contributed by atoms with Crippen molar-refractivity contribution < 1.29 is 9.53 Å². The second-order valence-electron chi connectivity index (χ2n) is 3.77. The smallest absolute Gasteiger partial charge is 0.263 e. The normalized spacial score (nSPS) is 13.5. The Morgan fingerprint density at radius 2 is 2.00 bits per heavy atom. The van der Waals surface area contributed by atoms with Gasteiger partial charge in [0.05, 0.1) is 0 Å². The van der Waals surface area contributed by atoms with Gasteiger partial charge in [-0.2, -0.15) is 0 Å². The van der Waals surface area contributed by atoms with Crippen molar-refractivity contribution in [2.24, 2.45) is 0 Å². The highest BCUT2D eigenvalue weighted by Gasteiger charge is 2.17. The summed E-state index contributed by atoms with van der Waals surface area (Å²) in [6.07, 6.45) is 1.73. The van der Waals surface area contributed by atoms with Crippen LogP contribution in [0.1, 0.15) is 0 Å². The first-order valence-corrected chi connectivity index (χ1v) is 5.31. The van der Waals surface area contributed by atoms with Crippen molar-refractivity contribution in [2.75, 3.05) is 11.9 Å². The van der Waals surface area contributed by atoms with Crippen molar-refractivity contribution in [2.45, 2.75) is 0 Å². The highest BCUT2D eigenvalue weighted by molar-refractivity contribution is 5.94. The number of hydrogen-bond acceptors (Lipinski definition) is 3. The molecular weight excluding hydrogens is 216 g/mol. The van der Waals surface area contributed by atoms with E-state index in [9.17, 15) is 4.79 Å². The minimum absolute atomic E-state index is 0.0485. The summed E-state index contributed by atoms with van der Waals surface area (Å²) in [5.74, 6) is 0.935. The van der Waals surface area contributed by atoms with Crippen LogP contribution in [0.5, 0.6) is 5.75 Å². The Labute approximate surface area is 98.3 Å². The van der Waals surface area contributed by atoms with Crippen LogP contribution in [0, 0.1) is 0 Å². The molecule has 17 heavy (non-hydrogen) atoms. The molecule has 2 aromatic rings. The van der Waals surface area contributed by atoms with E-state index in [-0.39, 0.29) is 12.5 Å². The van der Waals surface area contributed by atoms with Crippen LogP contribution in [-0.4, -0.2) is 17.5 Å². The maximum absolute atomic E-state index is 11.1. The summed E-state index contributed by atoms with van der Waals surface area (Å²) >= 11 is 0. The summed E-state index contributed by atoms with van der Waals surface area (Å²) in [6, 6.07) is 11.8. The second kappa shape index (κ2) is 3.90. The molecule has 0 unspecified atom stereocenters. The van der Waals surface area contributed by atoms with Gasteiger partial charge in [0, 0.05) is 11.8 Å². The van der Waals surface area contributed by atoms with Crippen LogP contribution in [0.4, 0.5) is 5.82 Å². The van der Waals surface area contributed by atoms with Crippen LogP contribution in [0.3, 0.4) is 0 Å². The Kier molecular flexibility index (Phi) is 2.26. The molecule has 3 rings (SSSR count). The Balaban J connectivity index is 2.02. The molecule has 0 saturated heterocycles. The standard InChI is InChI=1S/C13H10N2O2/c16-12-8-17-11-6-10(7-14-13(11)15-12)9-4-2-1-3-5-9/h1-7H,8H2,(H,14,15,16). The minimum Gasteiger partial charge on any atom is -0.480 e. The molecule has 0 spiro atoms. The molecule has 1 aromatic carbocycles. The number of anilines is 1. The van der Waals surface area contributed by atoms with Crippen LogP contribution in [-0.2, 0) is 4.79 Å². The number of amides is 1. The van der Waals surface area contributed by atoms with E-state index in [1.165, 1.54) is 0 Å². The Morgan fingerprint density at radius 1 is 1.18 bits per heavy atom. The first kappa shape index (κ1) is 9.84. The number of nitrogens with one attached hydrogen (secondary N) is 1. The summed E-state index contributed by atoms with van der Waals surface area (Å²) in [4.78, 5) is 15.3. The highest BCUT2D eigenvalue weighted by atomic mass is 16.5. The number of rotatable bonds is 1. The zero-order chi connectivity index (χ0) is 11.7. The summed E-state index contributed by atoms with van der Waals surface area (Å²) in [5, 5.41) is 2.66. The number of ether oxygens (including phenoxy) is 1. The average molecular weight is 226 g/mol. The Morgan fingerprint density at radius 3 is 2.82 bits per heavy atom. The van der Waals surface area contributed by atoms with Gasteiger partial charge in [-0.1, -0.05) is 30.3 Å². The third-order valence-corrected chi connectivity index (χ3v) is 2.58. The highest BCUT2D eigenvalue weighted by Crippen LogP contribution is 2.30. The zero-order valence-electron chi connectivity index (χ0n) is 9.01. The molecule has 0 saturated carbocycles. The van der Waals surface area contributed by atoms with Crippen molar-refractivity contribution in [1.29, 1.82) is 0 Å². The molecular formula is C13H10N2O2. The Hall–Kier alpha value is -2.36. The summed E-state index contributed by atoms with van der Waals surface area (Å²) in [7, 11) is 0. The molecule has 0 aliphatic carbocycles. The summed E-state index contributed by atoms with van der Waals surface area (Å²) in [5.41, 5.74) is 2.05. The van der Waals surface area contributed by atoms with Crippen molar-refractivity contribution in [3.63, 3.8) is 0 Å². The van der Waals surface area contributed by atoms with E-state index in [1.54, 1.807) is 6.20 Å². The molecule has 0 radical (unpaired) electrons. The van der Waals surface area contributed by atoms with E-state index in [2.05, 4.69) is 10.3 Å². The van der Waals surface area contributed by atoms with Crippen LogP contribution in [0.2, 0.25) is 0 Å². The predicted molar refractivity (Wildman–Crippen MR) is 63.8 cm³/mol. The van der Waals surface area contributed by atoms with Crippen molar-refractivity contribution >= 4 is 11.7 Å². The van der Waals surface area contributed by atoms with Gasteiger partial charge >= 0.3 is 0 Å². The summed E-state index contributed by atoms with van der Waals surface area (Å²) < 4.78 is 5.32. The third-order valence-electron chi connectivity index (χ3n) is 2.58. The molecule has 4 heteroatoms. The quantitative estimate of drug-likeness (QED) is 0.809. The second-order valence-corrected chi connectivity index (χ2v) is 3.77. The average Bonchev–Trinajstić information content (AvgIpc) is 2.39. The summed E-state index contributed by atoms with van der Waals surface area (Å²) in [6.45, 7) is 0.0485. The molecule has 0 atom stereocenters. The van der Waals surface area contributed by atoms with Gasteiger partial charge < -0.3 is 10.1 Å². The molecule has 1 aliphatic heterocycles. The topological polar surface area (TPSA) is 51.2 Å². The van der Waals surface area contributed by atoms with Gasteiger partial charge in [0.25, 0.3) is 5.91 Å². The third kappa shape index (κ3) is 1.85. The lowest BCUT2D eigenvalue weighted by Crippen LogP contribution is -2.26. The fraction of sp³-hybridized carbons (Fsp3) is 0.0769. The molecule has 84 valence electrons. The lowest BCUT2D eigenvalue weighted by atomic mass is 10.1. The molecule has 1 aliphatic rings. The number of aromatic nitrogens is 1. The monoisotopic (exact) mass is 226 g/mol. The van der Waals surface area contributed by atoms with Gasteiger partial charge in [-0.05, 0) is 11.6 Å². The van der Waals surface area contributed by atoms with E-state index < -0.39 is 0 Å². The van der Waals surface area contributed by atoms with Crippen molar-refractivity contribution in [3.8, 4) is 16.9 Å². The molecule has 1 aromatic heterocycles. The zero-order valence-corrected chi connectivity index (χ0v) is 9.01. The predicted octanol–water partition coefficient (Wildman–Crippen LogP) is 2.08. The number of carbonyl (C=O) groups is 1. The van der Waals surface area contributed by atoms with E-state index in [0.717, 1.165) is 11.1 Å². The van der Waals surface area contributed by atoms with Gasteiger partial charge in [-0.15, -0.1) is 0 Å². The minimum atomic E-state index is -0.169. The fourth-order valence-corrected chi connectivity index (χ4v) is 1.75. The maximum atomic E-state index is 11.1. The van der Waals surface area contributed by atoms with Crippen molar-refractivity contribution in [1.82, 2.24) is 4.98 Å². The maximum Gasteiger partial charge on any atom is 0.263 e. The van der Waals surface area contributed by atoms with E-state index in [4.69, 9.17) is 4.74 Å². The lowest BCUT2D eigenvalue weighted by molar-refractivity contribution is -0.118. The number of nitrogens with zero attached hydrogens (tertiary/aromatic N) is 1.